The molecule has 5 heteroatoms. The molecule has 0 radical (unpaired) electrons. The molecular formula is C26H31N3O2. The van der Waals surface area contributed by atoms with Gasteiger partial charge in [0.15, 0.2) is 0 Å². The number of fused-ring (bicyclic) bond motifs is 1. The van der Waals surface area contributed by atoms with Crippen molar-refractivity contribution in [1.82, 2.24) is 4.90 Å². The van der Waals surface area contributed by atoms with Crippen molar-refractivity contribution in [2.45, 2.75) is 44.6 Å². The molecule has 3 unspecified atom stereocenters. The second-order valence-electron chi connectivity index (χ2n) is 9.15. The van der Waals surface area contributed by atoms with Crippen LogP contribution in [0, 0.1) is 11.8 Å². The molecule has 2 aliphatic heterocycles. The first-order valence-electron chi connectivity index (χ1n) is 11.7. The number of carbonyl (C=O) groups is 2. The van der Waals surface area contributed by atoms with Crippen LogP contribution in [0.25, 0.3) is 0 Å². The van der Waals surface area contributed by atoms with Gasteiger partial charge in [0.1, 0.15) is 0 Å². The number of nitrogens with one attached hydrogen (secondary N) is 1. The average Bonchev–Trinajstić information content (AvgIpc) is 3.46. The number of nitrogens with zero attached hydrogens (tertiary/aromatic N) is 2. The quantitative estimate of drug-likeness (QED) is 0.815. The number of hydrogen-bond acceptors (Lipinski definition) is 3. The van der Waals surface area contributed by atoms with Gasteiger partial charge in [-0.3, -0.25) is 9.59 Å². The Kier molecular flexibility index (Phi) is 5.66. The predicted octanol–water partition coefficient (Wildman–Crippen LogP) is 4.10. The minimum Gasteiger partial charge on any atom is -0.380 e. The van der Waals surface area contributed by atoms with Gasteiger partial charge in [0.25, 0.3) is 0 Å². The number of anilines is 2. The van der Waals surface area contributed by atoms with E-state index in [2.05, 4.69) is 23.5 Å². The molecule has 3 aliphatic rings. The van der Waals surface area contributed by atoms with Crippen LogP contribution in [0.1, 0.15) is 37.7 Å². The molecule has 2 aromatic rings. The third kappa shape index (κ3) is 4.06. The van der Waals surface area contributed by atoms with Crippen LogP contribution in [-0.4, -0.2) is 42.4 Å². The van der Waals surface area contributed by atoms with E-state index in [0.717, 1.165) is 69.5 Å². The van der Waals surface area contributed by atoms with Crippen LogP contribution in [0.2, 0.25) is 0 Å². The monoisotopic (exact) mass is 417 g/mol. The van der Waals surface area contributed by atoms with E-state index in [4.69, 9.17) is 0 Å². The van der Waals surface area contributed by atoms with Crippen molar-refractivity contribution in [2.24, 2.45) is 11.8 Å². The van der Waals surface area contributed by atoms with Gasteiger partial charge < -0.3 is 15.1 Å². The highest BCUT2D eigenvalue weighted by atomic mass is 16.2. The van der Waals surface area contributed by atoms with Gasteiger partial charge in [0, 0.05) is 43.0 Å². The Labute approximate surface area is 184 Å². The van der Waals surface area contributed by atoms with Crippen LogP contribution in [0.15, 0.2) is 54.6 Å². The van der Waals surface area contributed by atoms with Gasteiger partial charge in [0.05, 0.1) is 5.92 Å². The zero-order chi connectivity index (χ0) is 21.2. The minimum absolute atomic E-state index is 0.154. The maximum Gasteiger partial charge on any atom is 0.230 e. The highest BCUT2D eigenvalue weighted by Gasteiger charge is 2.42. The molecule has 1 saturated carbocycles. The molecule has 0 aromatic heterocycles. The predicted molar refractivity (Wildman–Crippen MR) is 123 cm³/mol. The van der Waals surface area contributed by atoms with Gasteiger partial charge in [-0.2, -0.15) is 0 Å². The fourth-order valence-corrected chi connectivity index (χ4v) is 5.57. The van der Waals surface area contributed by atoms with Crippen molar-refractivity contribution in [1.29, 1.82) is 0 Å². The molecule has 2 aromatic carbocycles. The SMILES string of the molecule is O=C(C1CCCCC1C(=O)N1CCc2ccccc21)N1CCC(Nc2ccccc2)C1. The van der Waals surface area contributed by atoms with E-state index in [0.29, 0.717) is 0 Å². The van der Waals surface area contributed by atoms with E-state index in [9.17, 15) is 9.59 Å². The van der Waals surface area contributed by atoms with Gasteiger partial charge in [-0.05, 0) is 49.4 Å². The number of hydrogen-bond donors (Lipinski definition) is 1. The second kappa shape index (κ2) is 8.74. The topological polar surface area (TPSA) is 52.7 Å². The summed E-state index contributed by atoms with van der Waals surface area (Å²) in [4.78, 5) is 31.0. The lowest BCUT2D eigenvalue weighted by Gasteiger charge is -2.35. The summed E-state index contributed by atoms with van der Waals surface area (Å²) in [5.41, 5.74) is 3.38. The zero-order valence-corrected chi connectivity index (χ0v) is 18.0. The molecule has 2 fully saturated rings. The summed E-state index contributed by atoms with van der Waals surface area (Å²) < 4.78 is 0. The van der Waals surface area contributed by atoms with Crippen molar-refractivity contribution in [3.05, 3.63) is 60.2 Å². The van der Waals surface area contributed by atoms with Crippen LogP contribution in [-0.2, 0) is 16.0 Å². The maximum absolute atomic E-state index is 13.5. The number of para-hydroxylation sites is 2. The van der Waals surface area contributed by atoms with E-state index in [1.54, 1.807) is 0 Å². The summed E-state index contributed by atoms with van der Waals surface area (Å²) in [7, 11) is 0. The number of carbonyl (C=O) groups excluding carboxylic acids is 2. The van der Waals surface area contributed by atoms with E-state index >= 15 is 0 Å². The summed E-state index contributed by atoms with van der Waals surface area (Å²) >= 11 is 0. The Bertz CT molecular complexity index is 945. The molecule has 31 heavy (non-hydrogen) atoms. The largest absolute Gasteiger partial charge is 0.380 e. The number of amides is 2. The van der Waals surface area contributed by atoms with Gasteiger partial charge in [-0.1, -0.05) is 49.2 Å². The van der Waals surface area contributed by atoms with Gasteiger partial charge in [-0.15, -0.1) is 0 Å². The van der Waals surface area contributed by atoms with Crippen molar-refractivity contribution < 1.29 is 9.59 Å². The smallest absolute Gasteiger partial charge is 0.230 e. The van der Waals surface area contributed by atoms with Crippen LogP contribution < -0.4 is 10.2 Å². The first-order chi connectivity index (χ1) is 15.2. The van der Waals surface area contributed by atoms with E-state index in [1.165, 1.54) is 5.56 Å². The van der Waals surface area contributed by atoms with Crippen molar-refractivity contribution in [3.8, 4) is 0 Å². The Morgan fingerprint density at radius 2 is 1.52 bits per heavy atom. The number of likely N-dealkylation sites (tertiary alicyclic amines) is 1. The molecule has 0 spiro atoms. The van der Waals surface area contributed by atoms with Gasteiger partial charge in [0.2, 0.25) is 11.8 Å². The molecule has 1 N–H and O–H groups in total. The van der Waals surface area contributed by atoms with Crippen molar-refractivity contribution in [2.75, 3.05) is 29.9 Å². The van der Waals surface area contributed by atoms with Gasteiger partial charge >= 0.3 is 0 Å². The third-order valence-electron chi connectivity index (χ3n) is 7.20. The fourth-order valence-electron chi connectivity index (χ4n) is 5.57. The van der Waals surface area contributed by atoms with Crippen LogP contribution >= 0.6 is 0 Å². The van der Waals surface area contributed by atoms with Crippen molar-refractivity contribution in [3.63, 3.8) is 0 Å². The second-order valence-corrected chi connectivity index (χ2v) is 9.15. The fraction of sp³-hybridized carbons (Fsp3) is 0.462. The molecular weight excluding hydrogens is 386 g/mol. The molecule has 2 heterocycles. The molecule has 2 amide bonds. The van der Waals surface area contributed by atoms with Crippen LogP contribution in [0.3, 0.4) is 0 Å². The summed E-state index contributed by atoms with van der Waals surface area (Å²) in [6.07, 6.45) is 5.59. The lowest BCUT2D eigenvalue weighted by molar-refractivity contribution is -0.142. The molecule has 0 bridgehead atoms. The lowest BCUT2D eigenvalue weighted by Crippen LogP contribution is -2.46. The normalized spacial score (nSPS) is 25.4. The summed E-state index contributed by atoms with van der Waals surface area (Å²) in [5.74, 6) is -0.0259. The van der Waals surface area contributed by atoms with E-state index < -0.39 is 0 Å². The van der Waals surface area contributed by atoms with Crippen molar-refractivity contribution >= 4 is 23.2 Å². The molecule has 1 aliphatic carbocycles. The number of rotatable bonds is 4. The Balaban J connectivity index is 1.26. The minimum atomic E-state index is -0.187. The van der Waals surface area contributed by atoms with E-state index in [-0.39, 0.29) is 29.7 Å². The third-order valence-corrected chi connectivity index (χ3v) is 7.20. The molecule has 5 rings (SSSR count). The average molecular weight is 418 g/mol. The molecule has 5 nitrogen and oxygen atoms in total. The highest BCUT2D eigenvalue weighted by molar-refractivity contribution is 5.99. The van der Waals surface area contributed by atoms with E-state index in [1.807, 2.05) is 46.2 Å². The maximum atomic E-state index is 13.5. The molecule has 3 atom stereocenters. The van der Waals surface area contributed by atoms with Crippen LogP contribution in [0.5, 0.6) is 0 Å². The summed E-state index contributed by atoms with van der Waals surface area (Å²) in [6.45, 7) is 2.23. The Morgan fingerprint density at radius 1 is 0.806 bits per heavy atom. The van der Waals surface area contributed by atoms with Crippen LogP contribution in [0.4, 0.5) is 11.4 Å². The Morgan fingerprint density at radius 3 is 2.32 bits per heavy atom. The van der Waals surface area contributed by atoms with Gasteiger partial charge in [-0.25, -0.2) is 0 Å². The summed E-state index contributed by atoms with van der Waals surface area (Å²) in [5, 5.41) is 3.55. The Hall–Kier alpha value is -2.82. The summed E-state index contributed by atoms with van der Waals surface area (Å²) in [6, 6.07) is 18.6. The zero-order valence-electron chi connectivity index (χ0n) is 18.0. The number of benzene rings is 2. The standard InChI is InChI=1S/C26H31N3O2/c30-25(28-16-15-21(18-28)27-20-9-2-1-3-10-20)22-11-5-6-12-23(22)26(31)29-17-14-19-8-4-7-13-24(19)29/h1-4,7-10,13,21-23,27H,5-6,11-12,14-18H2. The highest BCUT2D eigenvalue weighted by Crippen LogP contribution is 2.37. The first kappa shape index (κ1) is 20.1. The lowest BCUT2D eigenvalue weighted by atomic mass is 9.77. The molecule has 1 saturated heterocycles. The first-order valence-corrected chi connectivity index (χ1v) is 11.7. The molecule has 162 valence electrons.